The van der Waals surface area contributed by atoms with Gasteiger partial charge in [-0.25, -0.2) is 0 Å². The molecule has 0 aromatic heterocycles. The lowest BCUT2D eigenvalue weighted by atomic mass is 10.1. The Morgan fingerprint density at radius 3 is 2.47 bits per heavy atom. The molecule has 0 aliphatic rings. The normalized spacial score (nSPS) is 14.9. The Balaban J connectivity index is 3.40. The molecule has 0 saturated heterocycles. The van der Waals surface area contributed by atoms with Gasteiger partial charge in [0.05, 0.1) is 18.6 Å². The van der Waals surface area contributed by atoms with Crippen LogP contribution in [0.25, 0.3) is 0 Å². The summed E-state index contributed by atoms with van der Waals surface area (Å²) in [6.45, 7) is 6.20. The van der Waals surface area contributed by atoms with Crippen molar-refractivity contribution in [2.24, 2.45) is 5.92 Å². The van der Waals surface area contributed by atoms with E-state index in [2.05, 4.69) is 6.92 Å². The first kappa shape index (κ1) is 14.4. The molecule has 0 amide bonds. The van der Waals surface area contributed by atoms with Crippen molar-refractivity contribution in [3.05, 3.63) is 0 Å². The second-order valence-electron chi connectivity index (χ2n) is 4.23. The Morgan fingerprint density at radius 1 is 1.27 bits per heavy atom. The molecule has 3 heteroatoms. The minimum atomic E-state index is -0.784. The van der Waals surface area contributed by atoms with Crippen LogP contribution in [0.1, 0.15) is 52.9 Å². The molecule has 0 radical (unpaired) electrons. The van der Waals surface area contributed by atoms with Gasteiger partial charge < -0.3 is 9.84 Å². The Bertz CT molecular complexity index is 168. The quantitative estimate of drug-likeness (QED) is 0.602. The number of unbranched alkanes of at least 4 members (excludes halogenated alkanes) is 3. The van der Waals surface area contributed by atoms with E-state index < -0.39 is 11.9 Å². The molecule has 2 atom stereocenters. The van der Waals surface area contributed by atoms with Crippen molar-refractivity contribution >= 4 is 5.97 Å². The molecule has 0 aromatic rings. The maximum atomic E-state index is 10.5. The molecule has 0 rings (SSSR count). The highest BCUT2D eigenvalue weighted by Gasteiger charge is 2.12. The van der Waals surface area contributed by atoms with E-state index in [1.54, 1.807) is 6.92 Å². The molecule has 1 N–H and O–H groups in total. The van der Waals surface area contributed by atoms with Gasteiger partial charge in [0.2, 0.25) is 0 Å². The molecule has 0 fully saturated rings. The standard InChI is InChI=1S/C12H24O3/c1-4-5-6-7-8-11(3)15-9-10(2)12(13)14/h10-11H,4-9H2,1-3H3,(H,13,14). The van der Waals surface area contributed by atoms with E-state index in [1.807, 2.05) is 6.92 Å². The van der Waals surface area contributed by atoms with Crippen molar-refractivity contribution in [1.82, 2.24) is 0 Å². The van der Waals surface area contributed by atoms with Crippen molar-refractivity contribution < 1.29 is 14.6 Å². The lowest BCUT2D eigenvalue weighted by Gasteiger charge is -2.14. The third-order valence-electron chi connectivity index (χ3n) is 2.52. The lowest BCUT2D eigenvalue weighted by molar-refractivity contribution is -0.143. The highest BCUT2D eigenvalue weighted by molar-refractivity contribution is 5.69. The number of ether oxygens (including phenoxy) is 1. The zero-order valence-corrected chi connectivity index (χ0v) is 10.2. The monoisotopic (exact) mass is 216 g/mol. The molecule has 3 nitrogen and oxygen atoms in total. The van der Waals surface area contributed by atoms with Crippen LogP contribution in [0, 0.1) is 5.92 Å². The number of hydrogen-bond donors (Lipinski definition) is 1. The lowest BCUT2D eigenvalue weighted by Crippen LogP contribution is -2.20. The summed E-state index contributed by atoms with van der Waals surface area (Å²) in [5, 5.41) is 8.66. The van der Waals surface area contributed by atoms with Crippen LogP contribution in [0.3, 0.4) is 0 Å². The number of aliphatic carboxylic acids is 1. The van der Waals surface area contributed by atoms with Gasteiger partial charge in [-0.1, -0.05) is 32.6 Å². The van der Waals surface area contributed by atoms with Gasteiger partial charge in [0.1, 0.15) is 0 Å². The van der Waals surface area contributed by atoms with E-state index in [-0.39, 0.29) is 6.10 Å². The van der Waals surface area contributed by atoms with Crippen LogP contribution < -0.4 is 0 Å². The molecule has 15 heavy (non-hydrogen) atoms. The van der Waals surface area contributed by atoms with Gasteiger partial charge in [0.15, 0.2) is 0 Å². The van der Waals surface area contributed by atoms with Gasteiger partial charge in [-0.3, -0.25) is 4.79 Å². The number of carboxylic acids is 1. The fourth-order valence-electron chi connectivity index (χ4n) is 1.32. The number of rotatable bonds is 9. The number of carbonyl (C=O) groups is 1. The maximum Gasteiger partial charge on any atom is 0.308 e. The molecule has 0 heterocycles. The third-order valence-corrected chi connectivity index (χ3v) is 2.52. The maximum absolute atomic E-state index is 10.5. The number of hydrogen-bond acceptors (Lipinski definition) is 2. The Labute approximate surface area is 92.8 Å². The molecule has 0 aliphatic heterocycles. The highest BCUT2D eigenvalue weighted by Crippen LogP contribution is 2.09. The van der Waals surface area contributed by atoms with E-state index in [4.69, 9.17) is 9.84 Å². The summed E-state index contributed by atoms with van der Waals surface area (Å²) < 4.78 is 5.46. The smallest absolute Gasteiger partial charge is 0.308 e. The Morgan fingerprint density at radius 2 is 1.93 bits per heavy atom. The fourth-order valence-corrected chi connectivity index (χ4v) is 1.32. The molecule has 0 aliphatic carbocycles. The average Bonchev–Trinajstić information content (AvgIpc) is 2.20. The molecule has 2 unspecified atom stereocenters. The minimum Gasteiger partial charge on any atom is -0.481 e. The zero-order chi connectivity index (χ0) is 11.7. The van der Waals surface area contributed by atoms with Crippen LogP contribution in [0.4, 0.5) is 0 Å². The average molecular weight is 216 g/mol. The van der Waals surface area contributed by atoms with Gasteiger partial charge in [-0.2, -0.15) is 0 Å². The summed E-state index contributed by atoms with van der Waals surface area (Å²) >= 11 is 0. The molecule has 0 spiro atoms. The molecule has 0 aromatic carbocycles. The number of carboxylic acid groups (broad SMARTS) is 1. The first-order valence-corrected chi connectivity index (χ1v) is 5.92. The summed E-state index contributed by atoms with van der Waals surface area (Å²) in [6.07, 6.45) is 6.16. The topological polar surface area (TPSA) is 46.5 Å². The van der Waals surface area contributed by atoms with Crippen LogP contribution in [0.15, 0.2) is 0 Å². The summed E-state index contributed by atoms with van der Waals surface area (Å²) in [5.74, 6) is -1.18. The van der Waals surface area contributed by atoms with Gasteiger partial charge in [-0.15, -0.1) is 0 Å². The van der Waals surface area contributed by atoms with Crippen molar-refractivity contribution in [3.63, 3.8) is 0 Å². The van der Waals surface area contributed by atoms with Crippen LogP contribution in [-0.4, -0.2) is 23.8 Å². The van der Waals surface area contributed by atoms with Gasteiger partial charge in [-0.05, 0) is 20.3 Å². The van der Waals surface area contributed by atoms with E-state index in [1.165, 1.54) is 25.7 Å². The predicted octanol–water partition coefficient (Wildman–Crippen LogP) is 3.08. The summed E-state index contributed by atoms with van der Waals surface area (Å²) in [4.78, 5) is 10.5. The van der Waals surface area contributed by atoms with Crippen LogP contribution >= 0.6 is 0 Å². The molecule has 0 saturated carbocycles. The van der Waals surface area contributed by atoms with Crippen molar-refractivity contribution in [2.45, 2.75) is 59.0 Å². The SMILES string of the molecule is CCCCCCC(C)OCC(C)C(=O)O. The molecular formula is C12H24O3. The van der Waals surface area contributed by atoms with Crippen molar-refractivity contribution in [3.8, 4) is 0 Å². The van der Waals surface area contributed by atoms with E-state index in [0.29, 0.717) is 6.61 Å². The molecular weight excluding hydrogens is 192 g/mol. The minimum absolute atomic E-state index is 0.184. The van der Waals surface area contributed by atoms with Gasteiger partial charge in [0.25, 0.3) is 0 Å². The molecule has 90 valence electrons. The van der Waals surface area contributed by atoms with E-state index in [9.17, 15) is 4.79 Å². The second-order valence-corrected chi connectivity index (χ2v) is 4.23. The van der Waals surface area contributed by atoms with Crippen LogP contribution in [0.2, 0.25) is 0 Å². The predicted molar refractivity (Wildman–Crippen MR) is 61.0 cm³/mol. The Kier molecular flexibility index (Phi) is 8.38. The fraction of sp³-hybridized carbons (Fsp3) is 0.917. The van der Waals surface area contributed by atoms with Gasteiger partial charge >= 0.3 is 5.97 Å². The van der Waals surface area contributed by atoms with Crippen molar-refractivity contribution in [1.29, 1.82) is 0 Å². The molecule has 0 bridgehead atoms. The largest absolute Gasteiger partial charge is 0.481 e. The van der Waals surface area contributed by atoms with Crippen molar-refractivity contribution in [2.75, 3.05) is 6.61 Å². The van der Waals surface area contributed by atoms with E-state index in [0.717, 1.165) is 6.42 Å². The summed E-state index contributed by atoms with van der Waals surface area (Å²) in [6, 6.07) is 0. The highest BCUT2D eigenvalue weighted by atomic mass is 16.5. The van der Waals surface area contributed by atoms with Crippen LogP contribution in [-0.2, 0) is 9.53 Å². The summed E-state index contributed by atoms with van der Waals surface area (Å²) in [7, 11) is 0. The Hall–Kier alpha value is -0.570. The summed E-state index contributed by atoms with van der Waals surface area (Å²) in [5.41, 5.74) is 0. The first-order valence-electron chi connectivity index (χ1n) is 5.92. The third kappa shape index (κ3) is 8.43. The van der Waals surface area contributed by atoms with Crippen LogP contribution in [0.5, 0.6) is 0 Å². The zero-order valence-electron chi connectivity index (χ0n) is 10.2. The van der Waals surface area contributed by atoms with Gasteiger partial charge in [0, 0.05) is 0 Å². The van der Waals surface area contributed by atoms with E-state index >= 15 is 0 Å². The first-order chi connectivity index (χ1) is 7.07. The second kappa shape index (κ2) is 8.72.